The highest BCUT2D eigenvalue weighted by molar-refractivity contribution is 9.11. The Bertz CT molecular complexity index is 567. The Morgan fingerprint density at radius 1 is 1.28 bits per heavy atom. The molecule has 0 bridgehead atoms. The monoisotopic (exact) mass is 436 g/mol. The average molecular weight is 439 g/mol. The zero-order valence-corrected chi connectivity index (χ0v) is 14.3. The standard InChI is InChI=1S/C11H11Br3N4/c1-2-18-11(8(14)5-17-18)9(15)10-7(13)3-6(12)4-16-10/h3-5,9H,2,15H2,1H3. The molecular weight excluding hydrogens is 428 g/mol. The third-order valence-corrected chi connectivity index (χ3v) is 4.24. The molecule has 0 radical (unpaired) electrons. The fourth-order valence-electron chi connectivity index (χ4n) is 1.72. The van der Waals surface area contributed by atoms with E-state index < -0.39 is 0 Å². The van der Waals surface area contributed by atoms with Crippen LogP contribution >= 0.6 is 47.8 Å². The van der Waals surface area contributed by atoms with Gasteiger partial charge in [-0.05, 0) is 60.8 Å². The molecule has 0 amide bonds. The van der Waals surface area contributed by atoms with E-state index in [1.54, 1.807) is 12.4 Å². The van der Waals surface area contributed by atoms with Crippen molar-refractivity contribution < 1.29 is 0 Å². The van der Waals surface area contributed by atoms with E-state index in [0.717, 1.165) is 31.4 Å². The van der Waals surface area contributed by atoms with E-state index in [4.69, 9.17) is 5.73 Å². The highest BCUT2D eigenvalue weighted by Gasteiger charge is 2.21. The van der Waals surface area contributed by atoms with Gasteiger partial charge in [0, 0.05) is 21.7 Å². The Balaban J connectivity index is 2.47. The van der Waals surface area contributed by atoms with Crippen molar-refractivity contribution in [3.63, 3.8) is 0 Å². The van der Waals surface area contributed by atoms with Crippen molar-refractivity contribution in [3.8, 4) is 0 Å². The number of aryl methyl sites for hydroxylation is 1. The molecule has 1 atom stereocenters. The van der Waals surface area contributed by atoms with Crippen LogP contribution in [0.4, 0.5) is 0 Å². The Morgan fingerprint density at radius 2 is 2.00 bits per heavy atom. The van der Waals surface area contributed by atoms with Crippen LogP contribution in [0.2, 0.25) is 0 Å². The normalized spacial score (nSPS) is 12.7. The van der Waals surface area contributed by atoms with Crippen molar-refractivity contribution in [3.05, 3.63) is 43.3 Å². The summed E-state index contributed by atoms with van der Waals surface area (Å²) in [5.74, 6) is 0. The summed E-state index contributed by atoms with van der Waals surface area (Å²) in [6, 6.07) is 1.60. The molecule has 18 heavy (non-hydrogen) atoms. The van der Waals surface area contributed by atoms with Crippen LogP contribution in [-0.4, -0.2) is 14.8 Å². The largest absolute Gasteiger partial charge is 0.318 e. The van der Waals surface area contributed by atoms with Crippen molar-refractivity contribution in [2.24, 2.45) is 5.73 Å². The molecule has 2 N–H and O–H groups in total. The van der Waals surface area contributed by atoms with Crippen LogP contribution < -0.4 is 5.73 Å². The second-order valence-corrected chi connectivity index (χ2v) is 6.32. The summed E-state index contributed by atoms with van der Waals surface area (Å²) < 4.78 is 4.55. The van der Waals surface area contributed by atoms with Gasteiger partial charge in [-0.3, -0.25) is 9.67 Å². The lowest BCUT2D eigenvalue weighted by Crippen LogP contribution is -2.19. The van der Waals surface area contributed by atoms with E-state index in [-0.39, 0.29) is 6.04 Å². The van der Waals surface area contributed by atoms with Gasteiger partial charge in [-0.2, -0.15) is 5.10 Å². The molecule has 4 nitrogen and oxygen atoms in total. The summed E-state index contributed by atoms with van der Waals surface area (Å²) in [5.41, 5.74) is 8.00. The minimum Gasteiger partial charge on any atom is -0.318 e. The molecule has 0 saturated heterocycles. The quantitative estimate of drug-likeness (QED) is 0.796. The van der Waals surface area contributed by atoms with E-state index in [0.29, 0.717) is 0 Å². The fourth-order valence-corrected chi connectivity index (χ4v) is 3.49. The van der Waals surface area contributed by atoms with Crippen molar-refractivity contribution >= 4 is 47.8 Å². The number of nitrogens with two attached hydrogens (primary N) is 1. The molecule has 1 unspecified atom stereocenters. The molecule has 0 aromatic carbocycles. The van der Waals surface area contributed by atoms with E-state index >= 15 is 0 Å². The van der Waals surface area contributed by atoms with Gasteiger partial charge < -0.3 is 5.73 Å². The number of hydrogen-bond acceptors (Lipinski definition) is 3. The Kier molecular flexibility index (Phi) is 4.58. The van der Waals surface area contributed by atoms with Gasteiger partial charge in [0.05, 0.1) is 28.1 Å². The highest BCUT2D eigenvalue weighted by atomic mass is 79.9. The van der Waals surface area contributed by atoms with Gasteiger partial charge in [-0.15, -0.1) is 0 Å². The maximum Gasteiger partial charge on any atom is 0.0920 e. The lowest BCUT2D eigenvalue weighted by Gasteiger charge is -2.15. The SMILES string of the molecule is CCn1ncc(Br)c1C(N)c1ncc(Br)cc1Br. The summed E-state index contributed by atoms with van der Waals surface area (Å²) >= 11 is 10.3. The number of halogens is 3. The van der Waals surface area contributed by atoms with Crippen molar-refractivity contribution in [1.29, 1.82) is 0 Å². The smallest absolute Gasteiger partial charge is 0.0920 e. The molecule has 2 aromatic heterocycles. The topological polar surface area (TPSA) is 56.7 Å². The molecule has 0 aliphatic heterocycles. The zero-order valence-electron chi connectivity index (χ0n) is 9.57. The van der Waals surface area contributed by atoms with Crippen molar-refractivity contribution in [2.75, 3.05) is 0 Å². The molecule has 0 spiro atoms. The van der Waals surface area contributed by atoms with Crippen LogP contribution in [0.25, 0.3) is 0 Å². The van der Waals surface area contributed by atoms with E-state index in [1.165, 1.54) is 0 Å². The second-order valence-electron chi connectivity index (χ2n) is 3.69. The fraction of sp³-hybridized carbons (Fsp3) is 0.273. The average Bonchev–Trinajstić information content (AvgIpc) is 2.69. The molecule has 2 rings (SSSR count). The Labute approximate surface area is 130 Å². The predicted octanol–water partition coefficient (Wildman–Crippen LogP) is 3.63. The minimum atomic E-state index is -0.329. The molecule has 0 aliphatic rings. The van der Waals surface area contributed by atoms with Crippen molar-refractivity contribution in [1.82, 2.24) is 14.8 Å². The maximum atomic E-state index is 6.29. The van der Waals surface area contributed by atoms with Gasteiger partial charge in [-0.25, -0.2) is 0 Å². The van der Waals surface area contributed by atoms with E-state index in [1.807, 2.05) is 17.7 Å². The molecule has 0 saturated carbocycles. The van der Waals surface area contributed by atoms with E-state index in [9.17, 15) is 0 Å². The first-order valence-corrected chi connectivity index (χ1v) is 7.70. The zero-order chi connectivity index (χ0) is 13.3. The van der Waals surface area contributed by atoms with Gasteiger partial charge in [-0.1, -0.05) is 0 Å². The summed E-state index contributed by atoms with van der Waals surface area (Å²) in [7, 11) is 0. The van der Waals surface area contributed by atoms with Gasteiger partial charge >= 0.3 is 0 Å². The first kappa shape index (κ1) is 14.2. The molecule has 7 heteroatoms. The number of nitrogens with zero attached hydrogens (tertiary/aromatic N) is 3. The van der Waals surface area contributed by atoms with Crippen LogP contribution in [0.15, 0.2) is 31.9 Å². The molecule has 0 aliphatic carbocycles. The molecular formula is C11H11Br3N4. The van der Waals surface area contributed by atoms with Crippen molar-refractivity contribution in [2.45, 2.75) is 19.5 Å². The van der Waals surface area contributed by atoms with Crippen LogP contribution in [0.5, 0.6) is 0 Å². The number of aromatic nitrogens is 3. The summed E-state index contributed by atoms with van der Waals surface area (Å²) in [5, 5.41) is 4.27. The first-order valence-electron chi connectivity index (χ1n) is 5.32. The summed E-state index contributed by atoms with van der Waals surface area (Å²) in [6.45, 7) is 2.79. The number of hydrogen-bond donors (Lipinski definition) is 1. The third-order valence-electron chi connectivity index (χ3n) is 2.56. The Hall–Kier alpha value is -0.240. The first-order chi connectivity index (χ1) is 8.54. The highest BCUT2D eigenvalue weighted by Crippen LogP contribution is 2.30. The molecule has 0 fully saturated rings. The van der Waals surface area contributed by atoms with Gasteiger partial charge in [0.15, 0.2) is 0 Å². The van der Waals surface area contributed by atoms with Gasteiger partial charge in [0.2, 0.25) is 0 Å². The lowest BCUT2D eigenvalue weighted by atomic mass is 10.1. The van der Waals surface area contributed by atoms with Crippen LogP contribution in [0.1, 0.15) is 24.4 Å². The summed E-state index contributed by atoms with van der Waals surface area (Å²) in [4.78, 5) is 4.37. The molecule has 2 aromatic rings. The van der Waals surface area contributed by atoms with E-state index in [2.05, 4.69) is 57.9 Å². The molecule has 96 valence electrons. The number of pyridine rings is 1. The Morgan fingerprint density at radius 3 is 2.61 bits per heavy atom. The molecule has 2 heterocycles. The predicted molar refractivity (Wildman–Crippen MR) is 81.3 cm³/mol. The lowest BCUT2D eigenvalue weighted by molar-refractivity contribution is 0.594. The van der Waals surface area contributed by atoms with Crippen LogP contribution in [-0.2, 0) is 6.54 Å². The second kappa shape index (κ2) is 5.81. The third kappa shape index (κ3) is 2.68. The minimum absolute atomic E-state index is 0.329. The van der Waals surface area contributed by atoms with Gasteiger partial charge in [0.1, 0.15) is 0 Å². The van der Waals surface area contributed by atoms with Gasteiger partial charge in [0.25, 0.3) is 0 Å². The van der Waals surface area contributed by atoms with Crippen LogP contribution in [0, 0.1) is 0 Å². The summed E-state index contributed by atoms with van der Waals surface area (Å²) in [6.07, 6.45) is 3.49. The maximum absolute atomic E-state index is 6.29. The van der Waals surface area contributed by atoms with Crippen LogP contribution in [0.3, 0.4) is 0 Å². The number of rotatable bonds is 3.